The van der Waals surface area contributed by atoms with Gasteiger partial charge in [-0.15, -0.1) is 0 Å². The number of hydrogen-bond donors (Lipinski definition) is 0. The summed E-state index contributed by atoms with van der Waals surface area (Å²) in [5, 5.41) is 0. The van der Waals surface area contributed by atoms with Crippen molar-refractivity contribution in [3.05, 3.63) is 17.3 Å². The van der Waals surface area contributed by atoms with Crippen LogP contribution in [-0.2, 0) is 22.5 Å². The molecule has 0 amide bonds. The van der Waals surface area contributed by atoms with Gasteiger partial charge < -0.3 is 13.9 Å². The third-order valence-corrected chi connectivity index (χ3v) is 2.23. The van der Waals surface area contributed by atoms with Crippen molar-refractivity contribution in [3.63, 3.8) is 0 Å². The van der Waals surface area contributed by atoms with E-state index in [0.29, 0.717) is 18.0 Å². The van der Waals surface area contributed by atoms with Crippen molar-refractivity contribution in [1.82, 2.24) is 4.98 Å². The van der Waals surface area contributed by atoms with Crippen molar-refractivity contribution >= 4 is 5.97 Å². The number of esters is 1. The fourth-order valence-electron chi connectivity index (χ4n) is 1.40. The van der Waals surface area contributed by atoms with Gasteiger partial charge in [-0.1, -0.05) is 13.3 Å². The van der Waals surface area contributed by atoms with Crippen LogP contribution in [0.5, 0.6) is 0 Å². The van der Waals surface area contributed by atoms with Crippen LogP contribution in [0.3, 0.4) is 0 Å². The van der Waals surface area contributed by atoms with Gasteiger partial charge in [0.05, 0.1) is 18.4 Å². The van der Waals surface area contributed by atoms with Crippen molar-refractivity contribution in [3.8, 4) is 0 Å². The van der Waals surface area contributed by atoms with E-state index in [0.717, 1.165) is 6.42 Å². The first kappa shape index (κ1) is 14.7. The number of rotatable bonds is 5. The molecular weight excluding hydrogens is 234 g/mol. The second-order valence-corrected chi connectivity index (χ2v) is 5.03. The normalized spacial score (nSPS) is 11.6. The van der Waals surface area contributed by atoms with E-state index >= 15 is 0 Å². The van der Waals surface area contributed by atoms with Crippen LogP contribution in [0.4, 0.5) is 0 Å². The highest BCUT2D eigenvalue weighted by Gasteiger charge is 2.21. The van der Waals surface area contributed by atoms with Crippen LogP contribution < -0.4 is 0 Å². The molecule has 0 spiro atoms. The summed E-state index contributed by atoms with van der Waals surface area (Å²) in [6.45, 7) is 8.11. The van der Waals surface area contributed by atoms with Crippen molar-refractivity contribution < 1.29 is 18.7 Å². The van der Waals surface area contributed by atoms with Gasteiger partial charge in [-0.2, -0.15) is 0 Å². The molecule has 0 unspecified atom stereocenters. The first-order valence-electron chi connectivity index (χ1n) is 6.08. The Bertz CT molecular complexity index is 404. The van der Waals surface area contributed by atoms with Gasteiger partial charge in [-0.05, 0) is 27.2 Å². The summed E-state index contributed by atoms with van der Waals surface area (Å²) in [6, 6.07) is 0. The number of carbonyl (C=O) groups excluding carboxylic acids is 1. The van der Waals surface area contributed by atoms with Gasteiger partial charge >= 0.3 is 5.97 Å². The third-order valence-electron chi connectivity index (χ3n) is 2.23. The number of carbonyl (C=O) groups is 1. The monoisotopic (exact) mass is 255 g/mol. The summed E-state index contributed by atoms with van der Waals surface area (Å²) in [5.74, 6) is 0.105. The summed E-state index contributed by atoms with van der Waals surface area (Å²) < 4.78 is 15.6. The van der Waals surface area contributed by atoms with E-state index < -0.39 is 5.97 Å². The second-order valence-electron chi connectivity index (χ2n) is 5.03. The van der Waals surface area contributed by atoms with E-state index in [4.69, 9.17) is 9.15 Å². The SMILES string of the molecule is CCCc1nc(COC(C)(C)C)oc1C(=O)OC. The third kappa shape index (κ3) is 4.14. The Morgan fingerprint density at radius 3 is 2.56 bits per heavy atom. The average molecular weight is 255 g/mol. The molecule has 1 aromatic rings. The Balaban J connectivity index is 2.85. The summed E-state index contributed by atoms with van der Waals surface area (Å²) in [7, 11) is 1.33. The molecule has 0 saturated heterocycles. The van der Waals surface area contributed by atoms with Crippen LogP contribution in [-0.4, -0.2) is 23.7 Å². The molecule has 102 valence electrons. The van der Waals surface area contributed by atoms with E-state index in [2.05, 4.69) is 9.72 Å². The predicted molar refractivity (Wildman–Crippen MR) is 66.4 cm³/mol. The molecule has 0 radical (unpaired) electrons. The smallest absolute Gasteiger partial charge is 0.375 e. The zero-order valence-corrected chi connectivity index (χ0v) is 11.7. The Labute approximate surface area is 107 Å². The Morgan fingerprint density at radius 2 is 2.06 bits per heavy atom. The van der Waals surface area contributed by atoms with E-state index in [9.17, 15) is 4.79 Å². The number of methoxy groups -OCH3 is 1. The van der Waals surface area contributed by atoms with Crippen molar-refractivity contribution in [2.75, 3.05) is 7.11 Å². The highest BCUT2D eigenvalue weighted by Crippen LogP contribution is 2.17. The van der Waals surface area contributed by atoms with Crippen molar-refractivity contribution in [1.29, 1.82) is 0 Å². The van der Waals surface area contributed by atoms with Gasteiger partial charge in [0.1, 0.15) is 6.61 Å². The summed E-state index contributed by atoms with van der Waals surface area (Å²) in [5.41, 5.74) is 0.363. The average Bonchev–Trinajstić information content (AvgIpc) is 2.68. The van der Waals surface area contributed by atoms with Crippen LogP contribution in [0, 0.1) is 0 Å². The fourth-order valence-corrected chi connectivity index (χ4v) is 1.40. The summed E-state index contributed by atoms with van der Waals surface area (Å²) in [4.78, 5) is 15.8. The molecule has 0 saturated carbocycles. The van der Waals surface area contributed by atoms with Gasteiger partial charge in [0.2, 0.25) is 11.7 Å². The molecule has 0 aliphatic carbocycles. The number of nitrogens with zero attached hydrogens (tertiary/aromatic N) is 1. The van der Waals surface area contributed by atoms with Crippen molar-refractivity contribution in [2.45, 2.75) is 52.7 Å². The molecule has 18 heavy (non-hydrogen) atoms. The maximum Gasteiger partial charge on any atom is 0.375 e. The molecule has 0 aliphatic heterocycles. The van der Waals surface area contributed by atoms with Gasteiger partial charge in [0.25, 0.3) is 0 Å². The number of aromatic nitrogens is 1. The Hall–Kier alpha value is -1.36. The largest absolute Gasteiger partial charge is 0.463 e. The van der Waals surface area contributed by atoms with Gasteiger partial charge in [-0.25, -0.2) is 9.78 Å². The lowest BCUT2D eigenvalue weighted by atomic mass is 10.2. The minimum absolute atomic E-state index is 0.187. The standard InChI is InChI=1S/C13H21NO4/c1-6-7-9-11(12(15)16-5)18-10(14-9)8-17-13(2,3)4/h6-8H2,1-5H3. The molecule has 1 heterocycles. The lowest BCUT2D eigenvalue weighted by molar-refractivity contribution is -0.0247. The number of ether oxygens (including phenoxy) is 2. The minimum Gasteiger partial charge on any atom is -0.463 e. The minimum atomic E-state index is -0.493. The lowest BCUT2D eigenvalue weighted by Crippen LogP contribution is -2.18. The number of oxazole rings is 1. The predicted octanol–water partition coefficient (Wildman–Crippen LogP) is 2.73. The number of hydrogen-bond acceptors (Lipinski definition) is 5. The van der Waals surface area contributed by atoms with Crippen LogP contribution >= 0.6 is 0 Å². The molecular formula is C13H21NO4. The van der Waals surface area contributed by atoms with Crippen molar-refractivity contribution in [2.24, 2.45) is 0 Å². The molecule has 1 rings (SSSR count). The van der Waals surface area contributed by atoms with E-state index in [1.165, 1.54) is 7.11 Å². The van der Waals surface area contributed by atoms with Crippen LogP contribution in [0.1, 0.15) is 56.3 Å². The molecule has 0 aromatic carbocycles. The van der Waals surface area contributed by atoms with E-state index in [1.807, 2.05) is 27.7 Å². The Kier molecular flexibility index (Phi) is 4.90. The molecule has 0 aliphatic rings. The van der Waals surface area contributed by atoms with E-state index in [-0.39, 0.29) is 18.0 Å². The molecule has 5 nitrogen and oxygen atoms in total. The lowest BCUT2D eigenvalue weighted by Gasteiger charge is -2.17. The number of aryl methyl sites for hydroxylation is 1. The summed E-state index contributed by atoms with van der Waals surface area (Å²) in [6.07, 6.45) is 1.57. The molecule has 1 aromatic heterocycles. The molecule has 0 atom stereocenters. The van der Waals surface area contributed by atoms with Crippen LogP contribution in [0.2, 0.25) is 0 Å². The molecule has 0 N–H and O–H groups in total. The zero-order valence-electron chi connectivity index (χ0n) is 11.7. The molecule has 0 fully saturated rings. The molecule has 0 bridgehead atoms. The van der Waals surface area contributed by atoms with Crippen LogP contribution in [0.15, 0.2) is 4.42 Å². The second kappa shape index (κ2) is 6.00. The zero-order chi connectivity index (χ0) is 13.8. The Morgan fingerprint density at radius 1 is 1.39 bits per heavy atom. The van der Waals surface area contributed by atoms with E-state index in [1.54, 1.807) is 0 Å². The summed E-state index contributed by atoms with van der Waals surface area (Å²) >= 11 is 0. The quantitative estimate of drug-likeness (QED) is 0.757. The van der Waals surface area contributed by atoms with Crippen LogP contribution in [0.25, 0.3) is 0 Å². The fraction of sp³-hybridized carbons (Fsp3) is 0.692. The van der Waals surface area contributed by atoms with Gasteiger partial charge in [0.15, 0.2) is 0 Å². The highest BCUT2D eigenvalue weighted by molar-refractivity contribution is 5.87. The first-order valence-corrected chi connectivity index (χ1v) is 6.08. The van der Waals surface area contributed by atoms with Gasteiger partial charge in [-0.3, -0.25) is 0 Å². The maximum absolute atomic E-state index is 11.5. The first-order chi connectivity index (χ1) is 8.37. The maximum atomic E-state index is 11.5. The highest BCUT2D eigenvalue weighted by atomic mass is 16.5. The molecule has 5 heteroatoms. The topological polar surface area (TPSA) is 61.6 Å². The van der Waals surface area contributed by atoms with Gasteiger partial charge in [0, 0.05) is 0 Å².